The molecule has 3 heteroatoms. The third-order valence-electron chi connectivity index (χ3n) is 5.26. The normalized spacial score (nSPS) is 12.3. The Kier molecular flexibility index (Phi) is 19.7. The van der Waals surface area contributed by atoms with Crippen molar-refractivity contribution in [2.75, 3.05) is 13.2 Å². The molecule has 0 atom stereocenters. The van der Waals surface area contributed by atoms with Crippen LogP contribution >= 0.6 is 11.6 Å². The van der Waals surface area contributed by atoms with Gasteiger partial charge in [-0.25, -0.2) is 0 Å². The van der Waals surface area contributed by atoms with Gasteiger partial charge in [0, 0.05) is 18.1 Å². The largest absolute Gasteiger partial charge is 0.396 e. The number of allylic oxidation sites excluding steroid dienone is 2. The van der Waals surface area contributed by atoms with E-state index in [2.05, 4.69) is 19.1 Å². The molecule has 0 heterocycles. The van der Waals surface area contributed by atoms with Crippen LogP contribution < -0.4 is 0 Å². The molecule has 0 aromatic heterocycles. The zero-order chi connectivity index (χ0) is 19.3. The molecule has 0 saturated carbocycles. The van der Waals surface area contributed by atoms with E-state index in [1.54, 1.807) is 0 Å². The second kappa shape index (κ2) is 19.7. The Labute approximate surface area is 168 Å². The number of halogens is 1. The Bertz CT molecular complexity index is 299. The van der Waals surface area contributed by atoms with Crippen LogP contribution in [-0.4, -0.2) is 28.3 Å². The Balaban J connectivity index is 3.36. The third kappa shape index (κ3) is 17.4. The van der Waals surface area contributed by atoms with Gasteiger partial charge in [0.25, 0.3) is 0 Å². The lowest BCUT2D eigenvalue weighted by Gasteiger charge is -2.25. The summed E-state index contributed by atoms with van der Waals surface area (Å²) in [5, 5.41) is 18.2. The van der Waals surface area contributed by atoms with Crippen LogP contribution in [0.15, 0.2) is 12.2 Å². The average molecular weight is 389 g/mol. The zero-order valence-electron chi connectivity index (χ0n) is 17.4. The first-order chi connectivity index (χ1) is 12.7. The van der Waals surface area contributed by atoms with Gasteiger partial charge in [0.15, 0.2) is 0 Å². The zero-order valence-corrected chi connectivity index (χ0v) is 18.1. The van der Waals surface area contributed by atoms with Crippen molar-refractivity contribution in [1.29, 1.82) is 0 Å². The Morgan fingerprint density at radius 1 is 0.615 bits per heavy atom. The molecule has 0 saturated heterocycles. The Hall–Kier alpha value is -0.0500. The summed E-state index contributed by atoms with van der Waals surface area (Å²) in [6, 6.07) is 0. The second-order valence-electron chi connectivity index (χ2n) is 7.79. The predicted molar refractivity (Wildman–Crippen MR) is 116 cm³/mol. The summed E-state index contributed by atoms with van der Waals surface area (Å²) >= 11 is 6.48. The quantitative estimate of drug-likeness (QED) is 0.132. The molecule has 0 aliphatic rings. The summed E-state index contributed by atoms with van der Waals surface area (Å²) in [5.41, 5.74) is 0. The molecule has 0 bridgehead atoms. The first-order valence-corrected chi connectivity index (χ1v) is 11.6. The van der Waals surface area contributed by atoms with Crippen molar-refractivity contribution in [3.8, 4) is 0 Å². The lowest BCUT2D eigenvalue weighted by atomic mass is 9.93. The molecule has 0 aliphatic heterocycles. The molecule has 0 rings (SSSR count). The maximum Gasteiger partial charge on any atom is 0.0490 e. The number of alkyl halides is 1. The van der Waals surface area contributed by atoms with Gasteiger partial charge in [0.2, 0.25) is 0 Å². The second-order valence-corrected chi connectivity index (χ2v) is 8.59. The highest BCUT2D eigenvalue weighted by Gasteiger charge is 2.25. The summed E-state index contributed by atoms with van der Waals surface area (Å²) in [5.74, 6) is 0. The van der Waals surface area contributed by atoms with E-state index in [4.69, 9.17) is 21.8 Å². The lowest BCUT2D eigenvalue weighted by Crippen LogP contribution is -2.24. The molecule has 0 aromatic carbocycles. The van der Waals surface area contributed by atoms with E-state index < -0.39 is 4.87 Å². The standard InChI is InChI=1S/C23H45ClO2/c1-2-3-4-5-6-7-8-9-10-11-12-13-14-15-16-17-18-23(24,19-21-25)20-22-26/h9-10,25-26H,2-8,11-22H2,1H3/b10-9-. The number of hydrogen-bond donors (Lipinski definition) is 2. The molecule has 0 amide bonds. The van der Waals surface area contributed by atoms with Gasteiger partial charge in [-0.1, -0.05) is 83.3 Å². The van der Waals surface area contributed by atoms with Crippen molar-refractivity contribution in [3.63, 3.8) is 0 Å². The number of rotatable bonds is 20. The van der Waals surface area contributed by atoms with Crippen LogP contribution in [0.25, 0.3) is 0 Å². The monoisotopic (exact) mass is 388 g/mol. The molecule has 0 unspecified atom stereocenters. The lowest BCUT2D eigenvalue weighted by molar-refractivity contribution is 0.220. The first-order valence-electron chi connectivity index (χ1n) is 11.2. The van der Waals surface area contributed by atoms with Crippen LogP contribution in [0.2, 0.25) is 0 Å². The van der Waals surface area contributed by atoms with Crippen molar-refractivity contribution in [2.45, 2.75) is 121 Å². The van der Waals surface area contributed by atoms with E-state index in [0.29, 0.717) is 12.8 Å². The number of aliphatic hydroxyl groups is 2. The van der Waals surface area contributed by atoms with Gasteiger partial charge in [-0.2, -0.15) is 0 Å². The minimum absolute atomic E-state index is 0.107. The SMILES string of the molecule is CCCCCCCC/C=C\CCCCCCCCC(Cl)(CCO)CCO. The van der Waals surface area contributed by atoms with Crippen molar-refractivity contribution >= 4 is 11.6 Å². The minimum Gasteiger partial charge on any atom is -0.396 e. The molecular weight excluding hydrogens is 344 g/mol. The Morgan fingerprint density at radius 3 is 1.50 bits per heavy atom. The maximum absolute atomic E-state index is 9.09. The van der Waals surface area contributed by atoms with E-state index in [0.717, 1.165) is 12.8 Å². The van der Waals surface area contributed by atoms with Gasteiger partial charge in [-0.15, -0.1) is 11.6 Å². The number of hydrogen-bond acceptors (Lipinski definition) is 2. The van der Waals surface area contributed by atoms with Gasteiger partial charge in [-0.3, -0.25) is 0 Å². The van der Waals surface area contributed by atoms with Crippen LogP contribution in [0.4, 0.5) is 0 Å². The first kappa shape index (κ1) is 26.0. The third-order valence-corrected chi connectivity index (χ3v) is 5.82. The van der Waals surface area contributed by atoms with Crippen molar-refractivity contribution in [1.82, 2.24) is 0 Å². The Morgan fingerprint density at radius 2 is 1.04 bits per heavy atom. The van der Waals surface area contributed by atoms with E-state index in [1.807, 2.05) is 0 Å². The van der Waals surface area contributed by atoms with Gasteiger partial charge in [0.1, 0.15) is 0 Å². The fourth-order valence-electron chi connectivity index (χ4n) is 3.47. The average Bonchev–Trinajstić information content (AvgIpc) is 2.62. The highest BCUT2D eigenvalue weighted by molar-refractivity contribution is 6.23. The molecule has 0 aromatic rings. The molecule has 26 heavy (non-hydrogen) atoms. The predicted octanol–water partition coefficient (Wildman–Crippen LogP) is 7.16. The molecule has 0 fully saturated rings. The molecule has 0 spiro atoms. The van der Waals surface area contributed by atoms with Crippen LogP contribution in [-0.2, 0) is 0 Å². The van der Waals surface area contributed by atoms with Crippen LogP contribution in [0, 0.1) is 0 Å². The molecule has 2 N–H and O–H groups in total. The molecule has 0 radical (unpaired) electrons. The summed E-state index contributed by atoms with van der Waals surface area (Å²) in [6.07, 6.45) is 25.1. The van der Waals surface area contributed by atoms with E-state index in [1.165, 1.54) is 83.5 Å². The minimum atomic E-state index is -0.399. The van der Waals surface area contributed by atoms with Gasteiger partial charge < -0.3 is 10.2 Å². The highest BCUT2D eigenvalue weighted by atomic mass is 35.5. The smallest absolute Gasteiger partial charge is 0.0490 e. The van der Waals surface area contributed by atoms with E-state index in [-0.39, 0.29) is 13.2 Å². The number of aliphatic hydroxyl groups excluding tert-OH is 2. The molecular formula is C23H45ClO2. The van der Waals surface area contributed by atoms with Crippen LogP contribution in [0.3, 0.4) is 0 Å². The number of unbranched alkanes of at least 4 members (excludes halogenated alkanes) is 12. The summed E-state index contributed by atoms with van der Waals surface area (Å²) in [4.78, 5) is -0.399. The summed E-state index contributed by atoms with van der Waals surface area (Å²) in [6.45, 7) is 2.48. The van der Waals surface area contributed by atoms with Crippen molar-refractivity contribution in [3.05, 3.63) is 12.2 Å². The summed E-state index contributed by atoms with van der Waals surface area (Å²) < 4.78 is 0. The van der Waals surface area contributed by atoms with Crippen molar-refractivity contribution in [2.24, 2.45) is 0 Å². The van der Waals surface area contributed by atoms with Gasteiger partial charge >= 0.3 is 0 Å². The molecule has 2 nitrogen and oxygen atoms in total. The maximum atomic E-state index is 9.09. The van der Waals surface area contributed by atoms with E-state index in [9.17, 15) is 0 Å². The topological polar surface area (TPSA) is 40.5 Å². The fourth-order valence-corrected chi connectivity index (χ4v) is 3.77. The van der Waals surface area contributed by atoms with Gasteiger partial charge in [-0.05, 0) is 44.9 Å². The van der Waals surface area contributed by atoms with Crippen molar-refractivity contribution < 1.29 is 10.2 Å². The fraction of sp³-hybridized carbons (Fsp3) is 0.913. The molecule has 156 valence electrons. The highest BCUT2D eigenvalue weighted by Crippen LogP contribution is 2.30. The summed E-state index contributed by atoms with van der Waals surface area (Å²) in [7, 11) is 0. The van der Waals surface area contributed by atoms with E-state index >= 15 is 0 Å². The molecule has 0 aliphatic carbocycles. The van der Waals surface area contributed by atoms with Crippen LogP contribution in [0.1, 0.15) is 116 Å². The van der Waals surface area contributed by atoms with Crippen LogP contribution in [0.5, 0.6) is 0 Å². The van der Waals surface area contributed by atoms with Gasteiger partial charge in [0.05, 0.1) is 0 Å².